The summed E-state index contributed by atoms with van der Waals surface area (Å²) in [6.45, 7) is 3.13. The quantitative estimate of drug-likeness (QED) is 0.753. The Hall–Kier alpha value is -3.06. The van der Waals surface area contributed by atoms with Crippen LogP contribution in [0.2, 0.25) is 0 Å². The number of hydrogen-bond donors (Lipinski definition) is 1. The average molecular weight is 366 g/mol. The van der Waals surface area contributed by atoms with Crippen molar-refractivity contribution < 1.29 is 14.3 Å². The first kappa shape index (κ1) is 17.4. The zero-order valence-corrected chi connectivity index (χ0v) is 15.2. The molecule has 2 aromatic heterocycles. The van der Waals surface area contributed by atoms with E-state index in [1.165, 1.54) is 0 Å². The maximum Gasteiger partial charge on any atom is 0.270 e. The number of rotatable bonds is 5. The molecule has 27 heavy (non-hydrogen) atoms. The molecule has 0 atom stereocenters. The van der Waals surface area contributed by atoms with Gasteiger partial charge in [0.05, 0.1) is 33.1 Å². The standard InChI is InChI=1S/C20H22N4O3/c1-26-18-4-2-15(3-5-18)13-24-14-17(12-22-24)16-10-19(21-11-16)20(25)23-6-8-27-9-7-23/h2-5,10-12,14,21H,6-9,13H2,1H3. The normalized spacial score (nSPS) is 14.3. The zero-order valence-electron chi connectivity index (χ0n) is 15.2. The van der Waals surface area contributed by atoms with Crippen molar-refractivity contribution in [3.05, 3.63) is 60.2 Å². The number of carbonyl (C=O) groups excluding carboxylic acids is 1. The topological polar surface area (TPSA) is 72.4 Å². The molecule has 1 fully saturated rings. The highest BCUT2D eigenvalue weighted by molar-refractivity contribution is 5.94. The Bertz CT molecular complexity index is 907. The minimum atomic E-state index is 0.00942. The van der Waals surface area contributed by atoms with Gasteiger partial charge in [0.1, 0.15) is 11.4 Å². The van der Waals surface area contributed by atoms with Gasteiger partial charge in [-0.2, -0.15) is 5.10 Å². The van der Waals surface area contributed by atoms with Gasteiger partial charge in [0.15, 0.2) is 0 Å². The molecule has 0 unspecified atom stereocenters. The Morgan fingerprint density at radius 3 is 2.74 bits per heavy atom. The summed E-state index contributed by atoms with van der Waals surface area (Å²) in [5.41, 5.74) is 3.66. The van der Waals surface area contributed by atoms with Gasteiger partial charge in [-0.3, -0.25) is 9.48 Å². The van der Waals surface area contributed by atoms with Crippen LogP contribution in [0.25, 0.3) is 11.1 Å². The molecule has 140 valence electrons. The van der Waals surface area contributed by atoms with E-state index in [1.54, 1.807) is 7.11 Å². The molecule has 1 saturated heterocycles. The molecule has 0 saturated carbocycles. The number of nitrogens with zero attached hydrogens (tertiary/aromatic N) is 3. The monoisotopic (exact) mass is 366 g/mol. The van der Waals surface area contributed by atoms with Crippen molar-refractivity contribution in [2.45, 2.75) is 6.54 Å². The van der Waals surface area contributed by atoms with Gasteiger partial charge in [-0.25, -0.2) is 0 Å². The van der Waals surface area contributed by atoms with Gasteiger partial charge in [0.2, 0.25) is 0 Å². The summed E-state index contributed by atoms with van der Waals surface area (Å²) < 4.78 is 12.4. The first-order chi connectivity index (χ1) is 13.2. The van der Waals surface area contributed by atoms with Gasteiger partial charge >= 0.3 is 0 Å². The smallest absolute Gasteiger partial charge is 0.270 e. The predicted octanol–water partition coefficient (Wildman–Crippen LogP) is 2.41. The van der Waals surface area contributed by atoms with E-state index >= 15 is 0 Å². The molecule has 1 N–H and O–H groups in total. The third kappa shape index (κ3) is 3.88. The summed E-state index contributed by atoms with van der Waals surface area (Å²) in [4.78, 5) is 17.5. The summed E-state index contributed by atoms with van der Waals surface area (Å²) >= 11 is 0. The largest absolute Gasteiger partial charge is 0.497 e. The Morgan fingerprint density at radius 1 is 1.22 bits per heavy atom. The van der Waals surface area contributed by atoms with Crippen LogP contribution in [0.15, 0.2) is 48.9 Å². The van der Waals surface area contributed by atoms with E-state index in [1.807, 2.05) is 58.5 Å². The number of ether oxygens (including phenoxy) is 2. The van der Waals surface area contributed by atoms with Crippen LogP contribution in [0.4, 0.5) is 0 Å². The molecule has 0 aliphatic carbocycles. The highest BCUT2D eigenvalue weighted by Gasteiger charge is 2.20. The molecule has 1 aliphatic rings. The second-order valence-corrected chi connectivity index (χ2v) is 6.48. The number of hydrogen-bond acceptors (Lipinski definition) is 4. The van der Waals surface area contributed by atoms with Crippen molar-refractivity contribution in [1.29, 1.82) is 0 Å². The van der Waals surface area contributed by atoms with Crippen LogP contribution in [0.3, 0.4) is 0 Å². The molecule has 0 spiro atoms. The summed E-state index contributed by atoms with van der Waals surface area (Å²) in [6.07, 6.45) is 5.65. The van der Waals surface area contributed by atoms with Crippen molar-refractivity contribution in [2.24, 2.45) is 0 Å². The lowest BCUT2D eigenvalue weighted by molar-refractivity contribution is 0.0299. The fourth-order valence-corrected chi connectivity index (χ4v) is 3.14. The van der Waals surface area contributed by atoms with Crippen molar-refractivity contribution in [1.82, 2.24) is 19.7 Å². The number of aromatic amines is 1. The van der Waals surface area contributed by atoms with Gasteiger partial charge in [0, 0.05) is 36.6 Å². The first-order valence-electron chi connectivity index (χ1n) is 8.94. The molecule has 4 rings (SSSR count). The molecular weight excluding hydrogens is 344 g/mol. The second kappa shape index (κ2) is 7.67. The van der Waals surface area contributed by atoms with Gasteiger partial charge in [-0.05, 0) is 23.8 Å². The fourth-order valence-electron chi connectivity index (χ4n) is 3.14. The number of aromatic nitrogens is 3. The summed E-state index contributed by atoms with van der Waals surface area (Å²) in [6, 6.07) is 9.81. The Kier molecular flexibility index (Phi) is 4.93. The molecule has 3 heterocycles. The van der Waals surface area contributed by atoms with Crippen molar-refractivity contribution in [3.63, 3.8) is 0 Å². The Balaban J connectivity index is 1.45. The number of H-pyrrole nitrogens is 1. The third-order valence-corrected chi connectivity index (χ3v) is 4.68. The summed E-state index contributed by atoms with van der Waals surface area (Å²) in [5.74, 6) is 0.847. The highest BCUT2D eigenvalue weighted by Crippen LogP contribution is 2.21. The minimum absolute atomic E-state index is 0.00942. The molecule has 7 nitrogen and oxygen atoms in total. The van der Waals surface area contributed by atoms with Gasteiger partial charge in [-0.1, -0.05) is 12.1 Å². The van der Waals surface area contributed by atoms with Gasteiger partial charge in [-0.15, -0.1) is 0 Å². The van der Waals surface area contributed by atoms with E-state index in [-0.39, 0.29) is 5.91 Å². The number of methoxy groups -OCH3 is 1. The van der Waals surface area contributed by atoms with E-state index in [0.29, 0.717) is 38.5 Å². The molecule has 0 radical (unpaired) electrons. The maximum absolute atomic E-state index is 12.6. The Morgan fingerprint density at radius 2 is 2.00 bits per heavy atom. The Labute approximate surface area is 157 Å². The average Bonchev–Trinajstić information content (AvgIpc) is 3.38. The predicted molar refractivity (Wildman–Crippen MR) is 101 cm³/mol. The maximum atomic E-state index is 12.6. The number of carbonyl (C=O) groups is 1. The molecule has 1 amide bonds. The van der Waals surface area contributed by atoms with Crippen molar-refractivity contribution >= 4 is 5.91 Å². The second-order valence-electron chi connectivity index (χ2n) is 6.48. The van der Waals surface area contributed by atoms with E-state index in [9.17, 15) is 4.79 Å². The molecular formula is C20H22N4O3. The highest BCUT2D eigenvalue weighted by atomic mass is 16.5. The number of benzene rings is 1. The van der Waals surface area contributed by atoms with E-state index < -0.39 is 0 Å². The SMILES string of the molecule is COc1ccc(Cn2cc(-c3c[nH]c(C(=O)N4CCOCC4)c3)cn2)cc1. The van der Waals surface area contributed by atoms with Crippen LogP contribution in [-0.2, 0) is 11.3 Å². The van der Waals surface area contributed by atoms with Crippen molar-refractivity contribution in [3.8, 4) is 16.9 Å². The summed E-state index contributed by atoms with van der Waals surface area (Å²) in [7, 11) is 1.66. The van der Waals surface area contributed by atoms with Crippen molar-refractivity contribution in [2.75, 3.05) is 33.4 Å². The molecule has 3 aromatic rings. The van der Waals surface area contributed by atoms with Crippen LogP contribution in [0.1, 0.15) is 16.1 Å². The van der Waals surface area contributed by atoms with E-state index in [4.69, 9.17) is 9.47 Å². The first-order valence-corrected chi connectivity index (χ1v) is 8.94. The minimum Gasteiger partial charge on any atom is -0.497 e. The van der Waals surface area contributed by atoms with Crippen LogP contribution in [-0.4, -0.2) is 59.0 Å². The fraction of sp³-hybridized carbons (Fsp3) is 0.300. The molecule has 1 aliphatic heterocycles. The third-order valence-electron chi connectivity index (χ3n) is 4.68. The lowest BCUT2D eigenvalue weighted by Crippen LogP contribution is -2.40. The van der Waals surface area contributed by atoms with Crippen LogP contribution < -0.4 is 4.74 Å². The summed E-state index contributed by atoms with van der Waals surface area (Å²) in [5, 5.41) is 4.43. The number of nitrogens with one attached hydrogen (secondary N) is 1. The van der Waals surface area contributed by atoms with Crippen LogP contribution in [0.5, 0.6) is 5.75 Å². The molecule has 7 heteroatoms. The molecule has 1 aromatic carbocycles. The van der Waals surface area contributed by atoms with Gasteiger partial charge < -0.3 is 19.4 Å². The number of amides is 1. The van der Waals surface area contributed by atoms with E-state index in [0.717, 1.165) is 22.4 Å². The van der Waals surface area contributed by atoms with Crippen LogP contribution >= 0.6 is 0 Å². The zero-order chi connectivity index (χ0) is 18.6. The number of morpholine rings is 1. The van der Waals surface area contributed by atoms with E-state index in [2.05, 4.69) is 10.1 Å². The lowest BCUT2D eigenvalue weighted by Gasteiger charge is -2.26. The lowest BCUT2D eigenvalue weighted by atomic mass is 10.2. The molecule has 0 bridgehead atoms. The van der Waals surface area contributed by atoms with Crippen LogP contribution in [0, 0.1) is 0 Å². The van der Waals surface area contributed by atoms with Gasteiger partial charge in [0.25, 0.3) is 5.91 Å².